The second-order valence-corrected chi connectivity index (χ2v) is 6.45. The van der Waals surface area contributed by atoms with Gasteiger partial charge in [0.15, 0.2) is 5.13 Å². The largest absolute Gasteiger partial charge is 0.389 e. The summed E-state index contributed by atoms with van der Waals surface area (Å²) in [6.07, 6.45) is 0. The fraction of sp³-hybridized carbons (Fsp3) is 0.750. The summed E-state index contributed by atoms with van der Waals surface area (Å²) in [6.45, 7) is 7.18. The summed E-state index contributed by atoms with van der Waals surface area (Å²) in [5.41, 5.74) is 0.429. The first kappa shape index (κ1) is 14.4. The predicted molar refractivity (Wildman–Crippen MR) is 73.8 cm³/mol. The molecule has 0 bridgehead atoms. The van der Waals surface area contributed by atoms with E-state index in [9.17, 15) is 5.11 Å². The van der Waals surface area contributed by atoms with Gasteiger partial charge in [-0.1, -0.05) is 0 Å². The van der Waals surface area contributed by atoms with Crippen LogP contribution in [0.5, 0.6) is 0 Å². The Morgan fingerprint density at radius 1 is 1.29 bits per heavy atom. The van der Waals surface area contributed by atoms with Crippen LogP contribution in [0.25, 0.3) is 0 Å². The van der Waals surface area contributed by atoms with Crippen LogP contribution in [-0.2, 0) is 6.54 Å². The van der Waals surface area contributed by atoms with E-state index in [1.807, 2.05) is 46.8 Å². The first-order valence-corrected chi connectivity index (χ1v) is 6.55. The van der Waals surface area contributed by atoms with Crippen molar-refractivity contribution in [2.45, 2.75) is 32.9 Å². The van der Waals surface area contributed by atoms with Gasteiger partial charge in [-0.3, -0.25) is 4.90 Å². The standard InChI is InChI=1S/C12H23N3OS/c1-9-10(17-11(13-9)14(4)5)7-15(6)8-12(2,3)16/h16H,7-8H2,1-6H3. The smallest absolute Gasteiger partial charge is 0.185 e. The van der Waals surface area contributed by atoms with Crippen LogP contribution >= 0.6 is 11.3 Å². The van der Waals surface area contributed by atoms with Crippen LogP contribution in [0.15, 0.2) is 0 Å². The van der Waals surface area contributed by atoms with Crippen molar-refractivity contribution in [2.75, 3.05) is 32.6 Å². The number of aromatic nitrogens is 1. The van der Waals surface area contributed by atoms with E-state index in [4.69, 9.17) is 0 Å². The first-order valence-electron chi connectivity index (χ1n) is 5.73. The lowest BCUT2D eigenvalue weighted by atomic mass is 10.1. The van der Waals surface area contributed by atoms with Crippen LogP contribution in [0.3, 0.4) is 0 Å². The Labute approximate surface area is 108 Å². The lowest BCUT2D eigenvalue weighted by Crippen LogP contribution is -2.35. The monoisotopic (exact) mass is 257 g/mol. The zero-order valence-electron chi connectivity index (χ0n) is 11.6. The van der Waals surface area contributed by atoms with Crippen LogP contribution in [0.1, 0.15) is 24.4 Å². The normalized spacial score (nSPS) is 12.2. The highest BCUT2D eigenvalue weighted by atomic mass is 32.1. The molecule has 0 saturated carbocycles. The van der Waals surface area contributed by atoms with Crippen molar-refractivity contribution in [3.63, 3.8) is 0 Å². The fourth-order valence-corrected chi connectivity index (χ4v) is 2.78. The van der Waals surface area contributed by atoms with Crippen molar-refractivity contribution >= 4 is 16.5 Å². The molecular weight excluding hydrogens is 234 g/mol. The lowest BCUT2D eigenvalue weighted by Gasteiger charge is -2.25. The molecule has 0 aliphatic rings. The average Bonchev–Trinajstić information content (AvgIpc) is 2.44. The molecule has 17 heavy (non-hydrogen) atoms. The molecule has 1 heterocycles. The van der Waals surface area contributed by atoms with Gasteiger partial charge in [0, 0.05) is 32.1 Å². The van der Waals surface area contributed by atoms with Crippen LogP contribution in [-0.4, -0.2) is 48.3 Å². The minimum atomic E-state index is -0.655. The molecule has 0 aromatic carbocycles. The second-order valence-electron chi connectivity index (χ2n) is 5.38. The molecule has 0 atom stereocenters. The number of nitrogens with zero attached hydrogens (tertiary/aromatic N) is 3. The third kappa shape index (κ3) is 4.61. The zero-order chi connectivity index (χ0) is 13.2. The Hall–Kier alpha value is -0.650. The molecule has 0 aliphatic carbocycles. The molecule has 98 valence electrons. The van der Waals surface area contributed by atoms with E-state index in [0.717, 1.165) is 17.4 Å². The van der Waals surface area contributed by atoms with Gasteiger partial charge in [0.2, 0.25) is 0 Å². The van der Waals surface area contributed by atoms with E-state index in [1.165, 1.54) is 4.88 Å². The van der Waals surface area contributed by atoms with Crippen LogP contribution in [0.2, 0.25) is 0 Å². The highest BCUT2D eigenvalue weighted by molar-refractivity contribution is 7.15. The van der Waals surface area contributed by atoms with Crippen molar-refractivity contribution in [1.82, 2.24) is 9.88 Å². The third-order valence-corrected chi connectivity index (χ3v) is 3.64. The zero-order valence-corrected chi connectivity index (χ0v) is 12.4. The van der Waals surface area contributed by atoms with E-state index < -0.39 is 5.60 Å². The maximum absolute atomic E-state index is 9.77. The van der Waals surface area contributed by atoms with Crippen molar-refractivity contribution in [3.05, 3.63) is 10.6 Å². The van der Waals surface area contributed by atoms with Gasteiger partial charge in [-0.05, 0) is 27.8 Å². The molecule has 0 aliphatic heterocycles. The lowest BCUT2D eigenvalue weighted by molar-refractivity contribution is 0.0427. The Morgan fingerprint density at radius 2 is 1.88 bits per heavy atom. The summed E-state index contributed by atoms with van der Waals surface area (Å²) in [4.78, 5) is 9.93. The van der Waals surface area contributed by atoms with Gasteiger partial charge < -0.3 is 10.0 Å². The molecule has 0 amide bonds. The average molecular weight is 257 g/mol. The van der Waals surface area contributed by atoms with Crippen LogP contribution in [0, 0.1) is 6.92 Å². The van der Waals surface area contributed by atoms with Crippen molar-refractivity contribution < 1.29 is 5.11 Å². The van der Waals surface area contributed by atoms with Gasteiger partial charge in [0.05, 0.1) is 11.3 Å². The number of hydrogen-bond acceptors (Lipinski definition) is 5. The Bertz CT molecular complexity index is 368. The van der Waals surface area contributed by atoms with Gasteiger partial charge in [-0.15, -0.1) is 11.3 Å². The number of rotatable bonds is 5. The Kier molecular flexibility index (Phi) is 4.52. The molecule has 0 spiro atoms. The van der Waals surface area contributed by atoms with Crippen LogP contribution < -0.4 is 4.90 Å². The molecule has 1 rings (SSSR count). The summed E-state index contributed by atoms with van der Waals surface area (Å²) < 4.78 is 0. The fourth-order valence-electron chi connectivity index (χ4n) is 1.71. The highest BCUT2D eigenvalue weighted by Gasteiger charge is 2.17. The van der Waals surface area contributed by atoms with E-state index in [1.54, 1.807) is 11.3 Å². The molecule has 0 unspecified atom stereocenters. The molecule has 0 radical (unpaired) electrons. The maximum atomic E-state index is 9.77. The maximum Gasteiger partial charge on any atom is 0.185 e. The molecule has 0 saturated heterocycles. The van der Waals surface area contributed by atoms with E-state index in [0.29, 0.717) is 6.54 Å². The second kappa shape index (κ2) is 5.33. The molecule has 1 N–H and O–H groups in total. The van der Waals surface area contributed by atoms with Gasteiger partial charge in [-0.2, -0.15) is 0 Å². The molecule has 5 heteroatoms. The Balaban J connectivity index is 2.68. The van der Waals surface area contributed by atoms with E-state index >= 15 is 0 Å². The quantitative estimate of drug-likeness (QED) is 0.872. The highest BCUT2D eigenvalue weighted by Crippen LogP contribution is 2.25. The summed E-state index contributed by atoms with van der Waals surface area (Å²) >= 11 is 1.71. The molecule has 4 nitrogen and oxygen atoms in total. The first-order chi connectivity index (χ1) is 7.69. The van der Waals surface area contributed by atoms with Crippen molar-refractivity contribution in [3.8, 4) is 0 Å². The minimum absolute atomic E-state index is 0.654. The number of anilines is 1. The number of likely N-dealkylation sites (N-methyl/N-ethyl adjacent to an activating group) is 1. The third-order valence-electron chi connectivity index (χ3n) is 2.33. The molecule has 1 aromatic rings. The van der Waals surface area contributed by atoms with E-state index in [2.05, 4.69) is 9.88 Å². The van der Waals surface area contributed by atoms with Gasteiger partial charge in [0.1, 0.15) is 0 Å². The summed E-state index contributed by atoms with van der Waals surface area (Å²) in [6, 6.07) is 0. The number of aliphatic hydroxyl groups is 1. The summed E-state index contributed by atoms with van der Waals surface area (Å²) in [7, 11) is 6.03. The summed E-state index contributed by atoms with van der Waals surface area (Å²) in [5, 5.41) is 10.8. The summed E-state index contributed by atoms with van der Waals surface area (Å²) in [5.74, 6) is 0. The van der Waals surface area contributed by atoms with Gasteiger partial charge in [-0.25, -0.2) is 4.98 Å². The number of aryl methyl sites for hydroxylation is 1. The predicted octanol–water partition coefficient (Wildman–Crippen LogP) is 1.72. The van der Waals surface area contributed by atoms with Crippen molar-refractivity contribution in [2.24, 2.45) is 0 Å². The SMILES string of the molecule is Cc1nc(N(C)C)sc1CN(C)CC(C)(C)O. The van der Waals surface area contributed by atoms with Gasteiger partial charge >= 0.3 is 0 Å². The van der Waals surface area contributed by atoms with Gasteiger partial charge in [0.25, 0.3) is 0 Å². The van der Waals surface area contributed by atoms with E-state index in [-0.39, 0.29) is 0 Å². The Morgan fingerprint density at radius 3 is 2.29 bits per heavy atom. The number of hydrogen-bond donors (Lipinski definition) is 1. The molecular formula is C12H23N3OS. The minimum Gasteiger partial charge on any atom is -0.389 e. The van der Waals surface area contributed by atoms with Crippen LogP contribution in [0.4, 0.5) is 5.13 Å². The van der Waals surface area contributed by atoms with Crippen molar-refractivity contribution in [1.29, 1.82) is 0 Å². The molecule has 1 aromatic heterocycles. The topological polar surface area (TPSA) is 39.6 Å². The molecule has 0 fully saturated rings. The number of thiazole rings is 1.